The van der Waals surface area contributed by atoms with Crippen LogP contribution in [0.4, 0.5) is 5.69 Å². The van der Waals surface area contributed by atoms with Gasteiger partial charge in [-0.05, 0) is 37.3 Å². The lowest BCUT2D eigenvalue weighted by molar-refractivity contribution is 0.504. The van der Waals surface area contributed by atoms with Crippen LogP contribution in [-0.2, 0) is 0 Å². The van der Waals surface area contributed by atoms with Crippen molar-refractivity contribution in [1.82, 2.24) is 4.98 Å². The smallest absolute Gasteiger partial charge is 0.129 e. The highest BCUT2D eigenvalue weighted by atomic mass is 35.5. The quantitative estimate of drug-likeness (QED) is 0.626. The lowest BCUT2D eigenvalue weighted by Crippen LogP contribution is -2.15. The number of nitrogens with zero attached hydrogens (tertiary/aromatic N) is 1. The fraction of sp³-hybridized carbons (Fsp3) is 0.417. The van der Waals surface area contributed by atoms with E-state index in [9.17, 15) is 0 Å². The monoisotopic (exact) mass is 222 g/mol. The molecular weight excluding hydrogens is 208 g/mol. The van der Waals surface area contributed by atoms with Crippen LogP contribution in [-0.4, -0.2) is 11.5 Å². The van der Waals surface area contributed by atoms with Gasteiger partial charge in [0.2, 0.25) is 0 Å². The average Bonchev–Trinajstić information content (AvgIpc) is 2.30. The van der Waals surface area contributed by atoms with Gasteiger partial charge in [0.05, 0.1) is 11.9 Å². The van der Waals surface area contributed by atoms with Crippen molar-refractivity contribution in [3.8, 4) is 0 Å². The molecule has 1 atom stereocenters. The molecule has 0 spiro atoms. The first-order chi connectivity index (χ1) is 7.34. The summed E-state index contributed by atoms with van der Waals surface area (Å²) < 4.78 is 0. The highest BCUT2D eigenvalue weighted by Gasteiger charge is 2.08. The van der Waals surface area contributed by atoms with Crippen molar-refractivity contribution >= 4 is 17.3 Å². The normalized spacial score (nSPS) is 20.2. The summed E-state index contributed by atoms with van der Waals surface area (Å²) in [6.45, 7) is 1.02. The van der Waals surface area contributed by atoms with Crippen LogP contribution in [0.3, 0.4) is 0 Å². The minimum Gasteiger partial charge on any atom is -0.384 e. The van der Waals surface area contributed by atoms with Crippen molar-refractivity contribution in [2.75, 3.05) is 11.9 Å². The predicted molar refractivity (Wildman–Crippen MR) is 64.2 cm³/mol. The standard InChI is InChI=1S/C12H15ClN2/c13-12-7-6-11(9-15-12)14-8-10-4-2-1-3-5-10/h1-2,6-7,9-10,14H,3-5,8H2. The highest BCUT2D eigenvalue weighted by molar-refractivity contribution is 6.29. The molecule has 3 heteroatoms. The molecule has 0 aromatic carbocycles. The Hall–Kier alpha value is -1.02. The molecule has 1 aliphatic rings. The third kappa shape index (κ3) is 3.24. The lowest BCUT2D eigenvalue weighted by Gasteiger charge is -2.18. The van der Waals surface area contributed by atoms with Crippen LogP contribution in [0.15, 0.2) is 30.5 Å². The number of halogens is 1. The maximum atomic E-state index is 5.71. The second-order valence-electron chi connectivity index (χ2n) is 3.90. The van der Waals surface area contributed by atoms with Crippen molar-refractivity contribution < 1.29 is 0 Å². The van der Waals surface area contributed by atoms with Crippen molar-refractivity contribution in [3.63, 3.8) is 0 Å². The van der Waals surface area contributed by atoms with Gasteiger partial charge in [0.15, 0.2) is 0 Å². The summed E-state index contributed by atoms with van der Waals surface area (Å²) in [5.74, 6) is 0.755. The molecular formula is C12H15ClN2. The van der Waals surface area contributed by atoms with E-state index in [0.29, 0.717) is 5.15 Å². The summed E-state index contributed by atoms with van der Waals surface area (Å²) in [6, 6.07) is 3.78. The molecule has 0 saturated heterocycles. The highest BCUT2D eigenvalue weighted by Crippen LogP contribution is 2.19. The molecule has 1 aliphatic carbocycles. The molecule has 1 heterocycles. The Labute approximate surface area is 95.4 Å². The topological polar surface area (TPSA) is 24.9 Å². The van der Waals surface area contributed by atoms with Crippen LogP contribution in [0.5, 0.6) is 0 Å². The van der Waals surface area contributed by atoms with Gasteiger partial charge in [-0.3, -0.25) is 0 Å². The Morgan fingerprint density at radius 1 is 1.40 bits per heavy atom. The molecule has 0 saturated carbocycles. The number of pyridine rings is 1. The second kappa shape index (κ2) is 5.17. The summed E-state index contributed by atoms with van der Waals surface area (Å²) in [7, 11) is 0. The van der Waals surface area contributed by atoms with Gasteiger partial charge >= 0.3 is 0 Å². The third-order valence-electron chi connectivity index (χ3n) is 2.70. The molecule has 1 unspecified atom stereocenters. The maximum Gasteiger partial charge on any atom is 0.129 e. The molecule has 1 N–H and O–H groups in total. The number of hydrogen-bond donors (Lipinski definition) is 1. The van der Waals surface area contributed by atoms with E-state index in [1.807, 2.05) is 12.1 Å². The fourth-order valence-corrected chi connectivity index (χ4v) is 1.90. The number of rotatable bonds is 3. The van der Waals surface area contributed by atoms with E-state index in [2.05, 4.69) is 22.5 Å². The minimum atomic E-state index is 0.543. The van der Waals surface area contributed by atoms with Gasteiger partial charge in [0.25, 0.3) is 0 Å². The van der Waals surface area contributed by atoms with Gasteiger partial charge in [0, 0.05) is 6.54 Å². The van der Waals surface area contributed by atoms with E-state index in [-0.39, 0.29) is 0 Å². The number of allylic oxidation sites excluding steroid dienone is 2. The number of nitrogens with one attached hydrogen (secondary N) is 1. The van der Waals surface area contributed by atoms with Crippen molar-refractivity contribution in [2.24, 2.45) is 5.92 Å². The predicted octanol–water partition coefficient (Wildman–Crippen LogP) is 3.50. The zero-order valence-corrected chi connectivity index (χ0v) is 9.37. The first kappa shape index (κ1) is 10.5. The van der Waals surface area contributed by atoms with Crippen LogP contribution in [0.1, 0.15) is 19.3 Å². The fourth-order valence-electron chi connectivity index (χ4n) is 1.78. The van der Waals surface area contributed by atoms with Gasteiger partial charge in [-0.2, -0.15) is 0 Å². The molecule has 0 fully saturated rings. The van der Waals surface area contributed by atoms with E-state index < -0.39 is 0 Å². The molecule has 80 valence electrons. The van der Waals surface area contributed by atoms with E-state index >= 15 is 0 Å². The molecule has 0 bridgehead atoms. The first-order valence-corrected chi connectivity index (χ1v) is 5.73. The molecule has 15 heavy (non-hydrogen) atoms. The van der Waals surface area contributed by atoms with Crippen LogP contribution in [0, 0.1) is 5.92 Å². The molecule has 1 aromatic heterocycles. The maximum absolute atomic E-state index is 5.71. The van der Waals surface area contributed by atoms with Gasteiger partial charge in [0.1, 0.15) is 5.15 Å². The average molecular weight is 223 g/mol. The van der Waals surface area contributed by atoms with Crippen LogP contribution in [0.2, 0.25) is 5.15 Å². The van der Waals surface area contributed by atoms with E-state index in [1.54, 1.807) is 6.20 Å². The Kier molecular flexibility index (Phi) is 3.62. The van der Waals surface area contributed by atoms with Gasteiger partial charge in [-0.1, -0.05) is 23.8 Å². The molecule has 0 aliphatic heterocycles. The SMILES string of the molecule is Clc1ccc(NCC2CC=CCC2)cn1. The second-order valence-corrected chi connectivity index (χ2v) is 4.29. The van der Waals surface area contributed by atoms with Gasteiger partial charge < -0.3 is 5.32 Å². The van der Waals surface area contributed by atoms with Crippen molar-refractivity contribution in [3.05, 3.63) is 35.6 Å². The van der Waals surface area contributed by atoms with Crippen molar-refractivity contribution in [2.45, 2.75) is 19.3 Å². The van der Waals surface area contributed by atoms with Crippen molar-refractivity contribution in [1.29, 1.82) is 0 Å². The minimum absolute atomic E-state index is 0.543. The molecule has 2 nitrogen and oxygen atoms in total. The van der Waals surface area contributed by atoms with Crippen LogP contribution in [0.25, 0.3) is 0 Å². The lowest BCUT2D eigenvalue weighted by atomic mass is 9.94. The van der Waals surface area contributed by atoms with Crippen LogP contribution < -0.4 is 5.32 Å². The number of anilines is 1. The summed E-state index contributed by atoms with van der Waals surface area (Å²) in [5, 5.41) is 3.93. The number of aromatic nitrogens is 1. The zero-order chi connectivity index (χ0) is 10.5. The van der Waals surface area contributed by atoms with Crippen LogP contribution >= 0.6 is 11.6 Å². The zero-order valence-electron chi connectivity index (χ0n) is 8.62. The van der Waals surface area contributed by atoms with E-state index in [1.165, 1.54) is 19.3 Å². The Morgan fingerprint density at radius 3 is 3.00 bits per heavy atom. The molecule has 0 radical (unpaired) electrons. The number of hydrogen-bond acceptors (Lipinski definition) is 2. The van der Waals surface area contributed by atoms with E-state index in [0.717, 1.165) is 18.2 Å². The Bertz CT molecular complexity index is 332. The summed E-state index contributed by atoms with van der Waals surface area (Å²) in [4.78, 5) is 4.03. The van der Waals surface area contributed by atoms with Gasteiger partial charge in [-0.25, -0.2) is 4.98 Å². The molecule has 1 aromatic rings. The third-order valence-corrected chi connectivity index (χ3v) is 2.92. The summed E-state index contributed by atoms with van der Waals surface area (Å²) in [5.41, 5.74) is 1.05. The van der Waals surface area contributed by atoms with E-state index in [4.69, 9.17) is 11.6 Å². The molecule has 2 rings (SSSR count). The Balaban J connectivity index is 1.82. The van der Waals surface area contributed by atoms with Gasteiger partial charge in [-0.15, -0.1) is 0 Å². The molecule has 0 amide bonds. The summed E-state index contributed by atoms with van der Waals surface area (Å²) >= 11 is 5.71. The Morgan fingerprint density at radius 2 is 2.33 bits per heavy atom. The largest absolute Gasteiger partial charge is 0.384 e. The summed E-state index contributed by atoms with van der Waals surface area (Å²) in [6.07, 6.45) is 10.0. The first-order valence-electron chi connectivity index (χ1n) is 5.35.